The van der Waals surface area contributed by atoms with Crippen molar-refractivity contribution in [2.24, 2.45) is 0 Å². The van der Waals surface area contributed by atoms with E-state index in [9.17, 15) is 4.79 Å². The van der Waals surface area contributed by atoms with Gasteiger partial charge in [0, 0.05) is 17.5 Å². The van der Waals surface area contributed by atoms with Gasteiger partial charge < -0.3 is 4.90 Å². The summed E-state index contributed by atoms with van der Waals surface area (Å²) in [6.45, 7) is 2.01. The minimum atomic E-state index is -0.0367. The molecule has 0 aliphatic heterocycles. The highest BCUT2D eigenvalue weighted by Crippen LogP contribution is 2.24. The van der Waals surface area contributed by atoms with Gasteiger partial charge in [-0.25, -0.2) is 0 Å². The molecule has 0 spiro atoms. The lowest BCUT2D eigenvalue weighted by molar-refractivity contribution is 0.0745. The molecule has 0 unspecified atom stereocenters. The molecule has 1 amide bonds. The first-order valence-corrected chi connectivity index (χ1v) is 6.82. The van der Waals surface area contributed by atoms with E-state index < -0.39 is 0 Å². The van der Waals surface area contributed by atoms with Crippen molar-refractivity contribution < 1.29 is 4.79 Å². The zero-order chi connectivity index (χ0) is 13.8. The highest BCUT2D eigenvalue weighted by molar-refractivity contribution is 7.10. The second-order valence-electron chi connectivity index (χ2n) is 4.30. The van der Waals surface area contributed by atoms with Crippen molar-refractivity contribution in [1.82, 2.24) is 4.90 Å². The van der Waals surface area contributed by atoms with Crippen LogP contribution in [0.3, 0.4) is 0 Å². The number of carbonyl (C=O) groups is 1. The summed E-state index contributed by atoms with van der Waals surface area (Å²) in [4.78, 5) is 15.2. The van der Waals surface area contributed by atoms with Crippen LogP contribution in [0, 0.1) is 11.3 Å². The van der Waals surface area contributed by atoms with E-state index in [1.807, 2.05) is 30.5 Å². The number of thiophene rings is 1. The molecular weight excluding hydrogens is 256 g/mol. The Morgan fingerprint density at radius 3 is 2.53 bits per heavy atom. The minimum Gasteiger partial charge on any atom is -0.334 e. The van der Waals surface area contributed by atoms with Crippen LogP contribution >= 0.6 is 11.3 Å². The zero-order valence-corrected chi connectivity index (χ0v) is 11.6. The van der Waals surface area contributed by atoms with Gasteiger partial charge in [-0.1, -0.05) is 6.07 Å². The molecule has 1 heterocycles. The summed E-state index contributed by atoms with van der Waals surface area (Å²) in [5.74, 6) is -0.0367. The standard InChI is InChI=1S/C15H14N2OS/c1-11(14-4-3-9-19-14)17(2)15(18)13-7-5-12(10-16)6-8-13/h3-9,11H,1-2H3/t11-/m1/s1. The van der Waals surface area contributed by atoms with Crippen molar-refractivity contribution in [3.8, 4) is 6.07 Å². The van der Waals surface area contributed by atoms with Crippen molar-refractivity contribution in [3.63, 3.8) is 0 Å². The van der Waals surface area contributed by atoms with E-state index >= 15 is 0 Å². The summed E-state index contributed by atoms with van der Waals surface area (Å²) in [5.41, 5.74) is 1.16. The average molecular weight is 270 g/mol. The Labute approximate surface area is 116 Å². The van der Waals surface area contributed by atoms with Crippen LogP contribution in [0.2, 0.25) is 0 Å². The highest BCUT2D eigenvalue weighted by atomic mass is 32.1. The van der Waals surface area contributed by atoms with Crippen LogP contribution < -0.4 is 0 Å². The number of nitrogens with zero attached hydrogens (tertiary/aromatic N) is 2. The van der Waals surface area contributed by atoms with E-state index in [1.54, 1.807) is 47.5 Å². The monoisotopic (exact) mass is 270 g/mol. The van der Waals surface area contributed by atoms with Gasteiger partial charge in [-0.15, -0.1) is 11.3 Å². The predicted octanol–water partition coefficient (Wildman–Crippen LogP) is 3.45. The van der Waals surface area contributed by atoms with Gasteiger partial charge in [-0.05, 0) is 42.6 Å². The van der Waals surface area contributed by atoms with Gasteiger partial charge >= 0.3 is 0 Å². The van der Waals surface area contributed by atoms with Gasteiger partial charge in [0.15, 0.2) is 0 Å². The first kappa shape index (κ1) is 13.3. The van der Waals surface area contributed by atoms with Gasteiger partial charge in [-0.2, -0.15) is 5.26 Å². The smallest absolute Gasteiger partial charge is 0.254 e. The van der Waals surface area contributed by atoms with Crippen LogP contribution in [0.1, 0.15) is 33.8 Å². The Hall–Kier alpha value is -2.12. The van der Waals surface area contributed by atoms with Crippen molar-refractivity contribution >= 4 is 17.2 Å². The third kappa shape index (κ3) is 2.83. The molecule has 0 saturated carbocycles. The van der Waals surface area contributed by atoms with Gasteiger partial charge in [0.2, 0.25) is 0 Å². The van der Waals surface area contributed by atoms with Crippen molar-refractivity contribution in [2.75, 3.05) is 7.05 Å². The molecule has 2 aromatic rings. The Morgan fingerprint density at radius 1 is 1.32 bits per heavy atom. The molecule has 0 radical (unpaired) electrons. The van der Waals surface area contributed by atoms with E-state index in [0.29, 0.717) is 11.1 Å². The summed E-state index contributed by atoms with van der Waals surface area (Å²) in [5, 5.41) is 10.8. The number of benzene rings is 1. The summed E-state index contributed by atoms with van der Waals surface area (Å²) < 4.78 is 0. The molecule has 1 aromatic carbocycles. The Morgan fingerprint density at radius 2 is 2.00 bits per heavy atom. The summed E-state index contributed by atoms with van der Waals surface area (Å²) in [7, 11) is 1.80. The minimum absolute atomic E-state index is 0.0367. The molecule has 4 heteroatoms. The van der Waals surface area contributed by atoms with Gasteiger partial charge in [0.25, 0.3) is 5.91 Å². The third-order valence-electron chi connectivity index (χ3n) is 3.12. The number of hydrogen-bond acceptors (Lipinski definition) is 3. The van der Waals surface area contributed by atoms with Crippen LogP contribution in [-0.2, 0) is 0 Å². The molecule has 1 aromatic heterocycles. The number of hydrogen-bond donors (Lipinski definition) is 0. The Kier molecular flexibility index (Phi) is 3.98. The predicted molar refractivity (Wildman–Crippen MR) is 76.0 cm³/mol. The average Bonchev–Trinajstić information content (AvgIpc) is 2.99. The number of rotatable bonds is 3. The topological polar surface area (TPSA) is 44.1 Å². The van der Waals surface area contributed by atoms with E-state index in [2.05, 4.69) is 0 Å². The molecule has 0 N–H and O–H groups in total. The molecule has 0 aliphatic rings. The van der Waals surface area contributed by atoms with Crippen molar-refractivity contribution in [2.45, 2.75) is 13.0 Å². The summed E-state index contributed by atoms with van der Waals surface area (Å²) >= 11 is 1.64. The molecule has 1 atom stereocenters. The lowest BCUT2D eigenvalue weighted by atomic mass is 10.1. The van der Waals surface area contributed by atoms with Crippen LogP contribution in [0.5, 0.6) is 0 Å². The quantitative estimate of drug-likeness (QED) is 0.857. The third-order valence-corrected chi connectivity index (χ3v) is 4.16. The van der Waals surface area contributed by atoms with E-state index in [-0.39, 0.29) is 11.9 Å². The van der Waals surface area contributed by atoms with Crippen molar-refractivity contribution in [1.29, 1.82) is 5.26 Å². The maximum Gasteiger partial charge on any atom is 0.254 e. The fourth-order valence-electron chi connectivity index (χ4n) is 1.79. The number of carbonyl (C=O) groups excluding carboxylic acids is 1. The second-order valence-corrected chi connectivity index (χ2v) is 5.28. The fourth-order valence-corrected chi connectivity index (χ4v) is 2.61. The SMILES string of the molecule is C[C@H](c1cccs1)N(C)C(=O)c1ccc(C#N)cc1. The Balaban J connectivity index is 2.16. The van der Waals surface area contributed by atoms with E-state index in [0.717, 1.165) is 4.88 Å². The molecule has 0 fully saturated rings. The van der Waals surface area contributed by atoms with E-state index in [4.69, 9.17) is 5.26 Å². The summed E-state index contributed by atoms with van der Waals surface area (Å²) in [6.07, 6.45) is 0. The van der Waals surface area contributed by atoms with Gasteiger partial charge in [0.1, 0.15) is 0 Å². The molecule has 19 heavy (non-hydrogen) atoms. The number of nitriles is 1. The summed E-state index contributed by atoms with van der Waals surface area (Å²) in [6, 6.07) is 12.8. The normalized spacial score (nSPS) is 11.6. The lowest BCUT2D eigenvalue weighted by Crippen LogP contribution is -2.29. The highest BCUT2D eigenvalue weighted by Gasteiger charge is 2.19. The first-order valence-electron chi connectivity index (χ1n) is 5.94. The number of amides is 1. The largest absolute Gasteiger partial charge is 0.334 e. The maximum absolute atomic E-state index is 12.3. The second kappa shape index (κ2) is 5.68. The molecule has 0 saturated heterocycles. The molecule has 2 rings (SSSR count). The van der Waals surface area contributed by atoms with Crippen LogP contribution in [0.15, 0.2) is 41.8 Å². The van der Waals surface area contributed by atoms with Gasteiger partial charge in [-0.3, -0.25) is 4.79 Å². The van der Waals surface area contributed by atoms with Crippen LogP contribution in [0.4, 0.5) is 0 Å². The van der Waals surface area contributed by atoms with Crippen LogP contribution in [-0.4, -0.2) is 17.9 Å². The molecule has 3 nitrogen and oxygen atoms in total. The lowest BCUT2D eigenvalue weighted by Gasteiger charge is -2.24. The molecule has 96 valence electrons. The Bertz CT molecular complexity index is 596. The van der Waals surface area contributed by atoms with Crippen LogP contribution in [0.25, 0.3) is 0 Å². The van der Waals surface area contributed by atoms with E-state index in [1.165, 1.54) is 0 Å². The van der Waals surface area contributed by atoms with Gasteiger partial charge in [0.05, 0.1) is 17.7 Å². The van der Waals surface area contributed by atoms with Crippen molar-refractivity contribution in [3.05, 3.63) is 57.8 Å². The molecule has 0 bridgehead atoms. The first-order chi connectivity index (χ1) is 9.13. The molecule has 0 aliphatic carbocycles. The zero-order valence-electron chi connectivity index (χ0n) is 10.8. The molecular formula is C15H14N2OS. The maximum atomic E-state index is 12.3. The fraction of sp³-hybridized carbons (Fsp3) is 0.200.